The van der Waals surface area contributed by atoms with Gasteiger partial charge in [0.25, 0.3) is 5.56 Å². The third-order valence-corrected chi connectivity index (χ3v) is 2.20. The minimum Gasteiger partial charge on any atom is -0.329 e. The lowest BCUT2D eigenvalue weighted by atomic mass is 10.0. The molecule has 3 heteroatoms. The number of hydrogen-bond acceptors (Lipinski definition) is 2. The van der Waals surface area contributed by atoms with Gasteiger partial charge in [0.1, 0.15) is 0 Å². The quantitative estimate of drug-likeness (QED) is 0.750. The van der Waals surface area contributed by atoms with Gasteiger partial charge in [0.15, 0.2) is 6.29 Å². The SMILES string of the molecule is O=Cc1ccccc1-c1ccc[nH]c1=O. The number of hydrogen-bond donors (Lipinski definition) is 1. The fraction of sp³-hybridized carbons (Fsp3) is 0. The third kappa shape index (κ3) is 1.72. The van der Waals surface area contributed by atoms with E-state index in [2.05, 4.69) is 4.98 Å². The highest BCUT2D eigenvalue weighted by Gasteiger charge is 2.06. The van der Waals surface area contributed by atoms with Crippen molar-refractivity contribution in [2.45, 2.75) is 0 Å². The monoisotopic (exact) mass is 199 g/mol. The molecule has 0 saturated heterocycles. The molecule has 0 fully saturated rings. The molecule has 1 N–H and O–H groups in total. The summed E-state index contributed by atoms with van der Waals surface area (Å²) in [5.41, 5.74) is 1.51. The molecule has 0 saturated carbocycles. The summed E-state index contributed by atoms with van der Waals surface area (Å²) in [5, 5.41) is 0. The average molecular weight is 199 g/mol. The predicted molar refractivity (Wildman–Crippen MR) is 57.9 cm³/mol. The van der Waals surface area contributed by atoms with Crippen LogP contribution < -0.4 is 5.56 Å². The van der Waals surface area contributed by atoms with Crippen LogP contribution in [0.2, 0.25) is 0 Å². The van der Waals surface area contributed by atoms with E-state index in [0.717, 1.165) is 6.29 Å². The van der Waals surface area contributed by atoms with Gasteiger partial charge in [-0.05, 0) is 17.7 Å². The second-order valence-electron chi connectivity index (χ2n) is 3.12. The van der Waals surface area contributed by atoms with E-state index in [9.17, 15) is 9.59 Å². The number of benzene rings is 1. The number of aromatic amines is 1. The van der Waals surface area contributed by atoms with E-state index in [1.165, 1.54) is 0 Å². The summed E-state index contributed by atoms with van der Waals surface area (Å²) < 4.78 is 0. The summed E-state index contributed by atoms with van der Waals surface area (Å²) in [5.74, 6) is 0. The molecule has 2 rings (SSSR count). The van der Waals surface area contributed by atoms with Gasteiger partial charge in [0.05, 0.1) is 0 Å². The molecular formula is C12H9NO2. The first-order valence-electron chi connectivity index (χ1n) is 4.55. The minimum atomic E-state index is -0.188. The summed E-state index contributed by atoms with van der Waals surface area (Å²) in [6.07, 6.45) is 2.32. The number of H-pyrrole nitrogens is 1. The van der Waals surface area contributed by atoms with E-state index < -0.39 is 0 Å². The summed E-state index contributed by atoms with van der Waals surface area (Å²) in [7, 11) is 0. The molecule has 2 aromatic rings. The molecule has 1 heterocycles. The molecule has 0 aliphatic heterocycles. The standard InChI is InChI=1S/C12H9NO2/c14-8-9-4-1-2-5-10(9)11-6-3-7-13-12(11)15/h1-8H,(H,13,15). The molecule has 0 amide bonds. The van der Waals surface area contributed by atoms with E-state index in [1.54, 1.807) is 42.6 Å². The van der Waals surface area contributed by atoms with Crippen LogP contribution >= 0.6 is 0 Å². The van der Waals surface area contributed by atoms with Crippen LogP contribution in [-0.2, 0) is 0 Å². The van der Waals surface area contributed by atoms with Crippen LogP contribution in [0.4, 0.5) is 0 Å². The Balaban J connectivity index is 2.69. The molecule has 0 spiro atoms. The summed E-state index contributed by atoms with van der Waals surface area (Å²) in [6.45, 7) is 0. The second-order valence-corrected chi connectivity index (χ2v) is 3.12. The van der Waals surface area contributed by atoms with Gasteiger partial charge in [0, 0.05) is 17.3 Å². The zero-order valence-corrected chi connectivity index (χ0v) is 7.94. The first kappa shape index (κ1) is 9.40. The molecule has 15 heavy (non-hydrogen) atoms. The number of carbonyl (C=O) groups is 1. The lowest BCUT2D eigenvalue weighted by Gasteiger charge is -2.02. The van der Waals surface area contributed by atoms with Crippen LogP contribution in [0.5, 0.6) is 0 Å². The van der Waals surface area contributed by atoms with Crippen LogP contribution in [0.1, 0.15) is 10.4 Å². The van der Waals surface area contributed by atoms with Crippen molar-refractivity contribution in [3.63, 3.8) is 0 Å². The van der Waals surface area contributed by atoms with Gasteiger partial charge < -0.3 is 4.98 Å². The van der Waals surface area contributed by atoms with Crippen molar-refractivity contribution in [2.24, 2.45) is 0 Å². The van der Waals surface area contributed by atoms with Crippen molar-refractivity contribution in [3.8, 4) is 11.1 Å². The van der Waals surface area contributed by atoms with E-state index in [4.69, 9.17) is 0 Å². The van der Waals surface area contributed by atoms with E-state index in [-0.39, 0.29) is 5.56 Å². The Hall–Kier alpha value is -2.16. The van der Waals surface area contributed by atoms with Crippen molar-refractivity contribution in [1.29, 1.82) is 0 Å². The highest BCUT2D eigenvalue weighted by atomic mass is 16.1. The Labute approximate surface area is 86.4 Å². The Bertz CT molecular complexity index is 543. The maximum atomic E-state index is 11.5. The number of rotatable bonds is 2. The number of aldehydes is 1. The van der Waals surface area contributed by atoms with Crippen LogP contribution in [0, 0.1) is 0 Å². The van der Waals surface area contributed by atoms with Gasteiger partial charge in [-0.1, -0.05) is 24.3 Å². The van der Waals surface area contributed by atoms with Crippen molar-refractivity contribution >= 4 is 6.29 Å². The largest absolute Gasteiger partial charge is 0.329 e. The van der Waals surface area contributed by atoms with Gasteiger partial charge >= 0.3 is 0 Å². The summed E-state index contributed by atoms with van der Waals surface area (Å²) in [4.78, 5) is 24.9. The molecule has 0 radical (unpaired) electrons. The predicted octanol–water partition coefficient (Wildman–Crippen LogP) is 1.85. The lowest BCUT2D eigenvalue weighted by Crippen LogP contribution is -2.07. The van der Waals surface area contributed by atoms with Gasteiger partial charge in [-0.15, -0.1) is 0 Å². The maximum Gasteiger partial charge on any atom is 0.255 e. The Kier molecular flexibility index (Phi) is 2.46. The Morgan fingerprint density at radius 2 is 1.73 bits per heavy atom. The maximum absolute atomic E-state index is 11.5. The van der Waals surface area contributed by atoms with Crippen LogP contribution in [0.25, 0.3) is 11.1 Å². The van der Waals surface area contributed by atoms with Gasteiger partial charge in [-0.2, -0.15) is 0 Å². The summed E-state index contributed by atoms with van der Waals surface area (Å²) in [6, 6.07) is 10.4. The fourth-order valence-electron chi connectivity index (χ4n) is 1.48. The van der Waals surface area contributed by atoms with Crippen molar-refractivity contribution < 1.29 is 4.79 Å². The number of aromatic nitrogens is 1. The topological polar surface area (TPSA) is 49.9 Å². The zero-order valence-electron chi connectivity index (χ0n) is 7.94. The van der Waals surface area contributed by atoms with Crippen molar-refractivity contribution in [3.05, 3.63) is 58.5 Å². The lowest BCUT2D eigenvalue weighted by molar-refractivity contribution is 0.112. The van der Waals surface area contributed by atoms with Gasteiger partial charge in [0.2, 0.25) is 0 Å². The molecule has 0 unspecified atom stereocenters. The zero-order chi connectivity index (χ0) is 10.7. The van der Waals surface area contributed by atoms with Crippen LogP contribution in [-0.4, -0.2) is 11.3 Å². The van der Waals surface area contributed by atoms with Gasteiger partial charge in [-0.3, -0.25) is 9.59 Å². The first-order valence-corrected chi connectivity index (χ1v) is 4.55. The smallest absolute Gasteiger partial charge is 0.255 e. The van der Waals surface area contributed by atoms with Crippen LogP contribution in [0.15, 0.2) is 47.4 Å². The van der Waals surface area contributed by atoms with Crippen molar-refractivity contribution in [1.82, 2.24) is 4.98 Å². The highest BCUT2D eigenvalue weighted by Crippen LogP contribution is 2.18. The Morgan fingerprint density at radius 3 is 2.47 bits per heavy atom. The number of nitrogens with one attached hydrogen (secondary N) is 1. The third-order valence-electron chi connectivity index (χ3n) is 2.20. The summed E-state index contributed by atoms with van der Waals surface area (Å²) >= 11 is 0. The molecule has 74 valence electrons. The average Bonchev–Trinajstić information content (AvgIpc) is 2.30. The van der Waals surface area contributed by atoms with Crippen LogP contribution in [0.3, 0.4) is 0 Å². The molecule has 0 aliphatic carbocycles. The fourth-order valence-corrected chi connectivity index (χ4v) is 1.48. The molecule has 0 aliphatic rings. The first-order chi connectivity index (χ1) is 7.33. The molecule has 3 nitrogen and oxygen atoms in total. The van der Waals surface area contributed by atoms with Gasteiger partial charge in [-0.25, -0.2) is 0 Å². The molecule has 1 aromatic heterocycles. The Morgan fingerprint density at radius 1 is 1.00 bits per heavy atom. The normalized spacial score (nSPS) is 9.87. The van der Waals surface area contributed by atoms with E-state index in [1.807, 2.05) is 0 Å². The number of pyridine rings is 1. The minimum absolute atomic E-state index is 0.188. The second kappa shape index (κ2) is 3.92. The molecule has 0 bridgehead atoms. The molecular weight excluding hydrogens is 190 g/mol. The highest BCUT2D eigenvalue weighted by molar-refractivity contribution is 5.87. The van der Waals surface area contributed by atoms with Crippen molar-refractivity contribution in [2.75, 3.05) is 0 Å². The van der Waals surface area contributed by atoms with E-state index in [0.29, 0.717) is 16.7 Å². The number of carbonyl (C=O) groups excluding carboxylic acids is 1. The van der Waals surface area contributed by atoms with E-state index >= 15 is 0 Å². The molecule has 1 aromatic carbocycles. The molecule has 0 atom stereocenters.